The van der Waals surface area contributed by atoms with E-state index in [1.165, 1.54) is 6.07 Å². The van der Waals surface area contributed by atoms with Crippen LogP contribution in [0.4, 0.5) is 0 Å². The Hall–Kier alpha value is -3.55. The molecule has 1 saturated heterocycles. The highest BCUT2D eigenvalue weighted by atomic mass is 16.7. The summed E-state index contributed by atoms with van der Waals surface area (Å²) in [6.07, 6.45) is -8.09. The van der Waals surface area contributed by atoms with Gasteiger partial charge in [0.15, 0.2) is 16.9 Å². The molecule has 0 spiro atoms. The molecular weight excluding hydrogens is 444 g/mol. The fourth-order valence-corrected chi connectivity index (χ4v) is 3.48. The number of rotatable bonds is 4. The molecule has 7 N–H and O–H groups in total. The van der Waals surface area contributed by atoms with Crippen LogP contribution in [0.1, 0.15) is 0 Å². The number of aromatic hydroxyl groups is 3. The van der Waals surface area contributed by atoms with Gasteiger partial charge >= 0.3 is 0 Å². The number of hydrogen-bond acceptors (Lipinski definition) is 12. The Labute approximate surface area is 184 Å². The van der Waals surface area contributed by atoms with E-state index in [4.69, 9.17) is 13.9 Å². The molecule has 4 rings (SSSR count). The smallest absolute Gasteiger partial charge is 0.229 e. The van der Waals surface area contributed by atoms with Gasteiger partial charge in [0.05, 0.1) is 12.2 Å². The van der Waals surface area contributed by atoms with Crippen LogP contribution in [0.2, 0.25) is 0 Å². The molecule has 2 aliphatic heterocycles. The van der Waals surface area contributed by atoms with Crippen molar-refractivity contribution >= 4 is 0 Å². The lowest BCUT2D eigenvalue weighted by Gasteiger charge is -2.39. The topological polar surface area (TPSA) is 213 Å². The van der Waals surface area contributed by atoms with Crippen LogP contribution in [0, 0.1) is 0 Å². The first-order chi connectivity index (χ1) is 15.6. The maximum Gasteiger partial charge on any atom is 0.229 e. The number of aliphatic hydroxyl groups excluding tert-OH is 4. The highest BCUT2D eigenvalue weighted by Gasteiger charge is 2.45. The molecule has 12 nitrogen and oxygen atoms in total. The molecule has 1 aliphatic carbocycles. The minimum atomic E-state index is -1.78. The highest BCUT2D eigenvalue weighted by Crippen LogP contribution is 2.44. The third-order valence-electron chi connectivity index (χ3n) is 5.21. The summed E-state index contributed by atoms with van der Waals surface area (Å²) in [5.41, 5.74) is -0.661. The number of ether oxygens (including phenoxy) is 2. The zero-order chi connectivity index (χ0) is 24.0. The van der Waals surface area contributed by atoms with Crippen molar-refractivity contribution in [2.45, 2.75) is 30.7 Å². The first-order valence-electron chi connectivity index (χ1n) is 9.62. The zero-order valence-electron chi connectivity index (χ0n) is 16.7. The fourth-order valence-electron chi connectivity index (χ4n) is 3.48. The molecule has 0 unspecified atom stereocenters. The third-order valence-corrected chi connectivity index (χ3v) is 5.21. The van der Waals surface area contributed by atoms with E-state index >= 15 is 0 Å². The summed E-state index contributed by atoms with van der Waals surface area (Å²) in [4.78, 5) is 11.8. The first-order valence-corrected chi connectivity index (χ1v) is 9.62. The lowest BCUT2D eigenvalue weighted by atomic mass is 9.99. The monoisotopic (exact) mass is 463 g/mol. The average molecular weight is 463 g/mol. The van der Waals surface area contributed by atoms with Gasteiger partial charge in [-0.05, 0) is 23.9 Å². The van der Waals surface area contributed by atoms with E-state index in [1.54, 1.807) is 0 Å². The van der Waals surface area contributed by atoms with E-state index in [9.17, 15) is 45.6 Å². The lowest BCUT2D eigenvalue weighted by molar-refractivity contribution is -0.277. The molecule has 0 aromatic heterocycles. The van der Waals surface area contributed by atoms with Crippen LogP contribution in [0.25, 0.3) is 22.6 Å². The number of phenolic OH excluding ortho intramolecular Hbond substituents is 3. The molecule has 0 bridgehead atoms. The zero-order valence-corrected chi connectivity index (χ0v) is 16.7. The number of hydrogen-bond donors (Lipinski definition) is 7. The third kappa shape index (κ3) is 4.01. The quantitative estimate of drug-likeness (QED) is 0.242. The van der Waals surface area contributed by atoms with Crippen LogP contribution >= 0.6 is 0 Å². The van der Waals surface area contributed by atoms with Crippen molar-refractivity contribution in [3.8, 4) is 51.4 Å². The van der Waals surface area contributed by atoms with Crippen molar-refractivity contribution in [2.24, 2.45) is 0 Å². The molecule has 1 aromatic carbocycles. The summed E-state index contributed by atoms with van der Waals surface area (Å²) in [5, 5.41) is 81.1. The molecule has 176 valence electrons. The van der Waals surface area contributed by atoms with Crippen molar-refractivity contribution in [3.05, 3.63) is 40.6 Å². The lowest BCUT2D eigenvalue weighted by Crippen LogP contribution is -2.60. The van der Waals surface area contributed by atoms with Gasteiger partial charge in [-0.25, -0.2) is 0 Å². The van der Waals surface area contributed by atoms with E-state index in [0.717, 1.165) is 24.3 Å². The Balaban J connectivity index is 1.87. The molecule has 2 heterocycles. The molecule has 0 radical (unpaired) electrons. The van der Waals surface area contributed by atoms with Gasteiger partial charge in [-0.15, -0.1) is 0 Å². The van der Waals surface area contributed by atoms with Crippen LogP contribution in [-0.4, -0.2) is 73.1 Å². The van der Waals surface area contributed by atoms with Gasteiger partial charge in [0.25, 0.3) is 0 Å². The van der Waals surface area contributed by atoms with Crippen LogP contribution < -0.4 is 15.3 Å². The Morgan fingerprint density at radius 1 is 0.909 bits per heavy atom. The van der Waals surface area contributed by atoms with E-state index in [-0.39, 0.29) is 28.4 Å². The Bertz CT molecular complexity index is 1180. The minimum absolute atomic E-state index is 0.00632. The van der Waals surface area contributed by atoms with Gasteiger partial charge in [0, 0.05) is 17.7 Å². The van der Waals surface area contributed by atoms with E-state index < -0.39 is 65.7 Å². The van der Waals surface area contributed by atoms with Crippen LogP contribution in [0.5, 0.6) is 28.7 Å². The molecule has 33 heavy (non-hydrogen) atoms. The van der Waals surface area contributed by atoms with Crippen molar-refractivity contribution in [3.63, 3.8) is 0 Å². The van der Waals surface area contributed by atoms with Crippen molar-refractivity contribution < 1.29 is 54.7 Å². The molecule has 12 heteroatoms. The largest absolute Gasteiger partial charge is 0.867 e. The predicted octanol–water partition coefficient (Wildman–Crippen LogP) is -1.22. The number of phenols is 3. The van der Waals surface area contributed by atoms with Crippen molar-refractivity contribution in [1.29, 1.82) is 0 Å². The Kier molecular flexibility index (Phi) is 5.78. The van der Waals surface area contributed by atoms with Gasteiger partial charge in [0.2, 0.25) is 6.29 Å². The van der Waals surface area contributed by atoms with E-state index in [0.29, 0.717) is 0 Å². The standard InChI is InChI=1S/C21H20O12/c22-6-15-17(28)18(29)19(30)21(33-15)32-14-5-9-10(24)3-8(23)4-13(9)31-20(14)7-1-11(25)16(27)12(26)2-7/h1-5,15,17-19,21-22,24-30H,6H2/p-1/t15-,17-,18+,19-,21-/m1/s1. The van der Waals surface area contributed by atoms with Crippen LogP contribution in [0.3, 0.4) is 0 Å². The fraction of sp³-hybridized carbons (Fsp3) is 0.286. The maximum absolute atomic E-state index is 11.8. The second-order valence-corrected chi connectivity index (χ2v) is 7.45. The number of benzene rings is 2. The Morgan fingerprint density at radius 2 is 1.58 bits per heavy atom. The molecule has 5 atom stereocenters. The maximum atomic E-state index is 11.8. The van der Waals surface area contributed by atoms with Gasteiger partial charge < -0.3 is 54.7 Å². The number of fused-ring (bicyclic) bond motifs is 1. The summed E-state index contributed by atoms with van der Waals surface area (Å²) in [6, 6.07) is 5.07. The van der Waals surface area contributed by atoms with Gasteiger partial charge in [0.1, 0.15) is 47.4 Å². The van der Waals surface area contributed by atoms with Crippen LogP contribution in [-0.2, 0) is 4.74 Å². The molecule has 0 amide bonds. The van der Waals surface area contributed by atoms with Gasteiger partial charge in [-0.2, -0.15) is 0 Å². The van der Waals surface area contributed by atoms with Gasteiger partial charge in [-0.3, -0.25) is 4.79 Å². The normalized spacial score (nSPS) is 25.3. The average Bonchev–Trinajstić information content (AvgIpc) is 2.77. The van der Waals surface area contributed by atoms with Crippen molar-refractivity contribution in [2.75, 3.05) is 6.61 Å². The summed E-state index contributed by atoms with van der Waals surface area (Å²) in [5.74, 6) is -3.78. The molecular formula is C21H19O12-. The molecule has 3 aliphatic rings. The predicted molar refractivity (Wildman–Crippen MR) is 106 cm³/mol. The number of aliphatic hydroxyl groups is 4. The van der Waals surface area contributed by atoms with E-state index in [1.807, 2.05) is 0 Å². The summed E-state index contributed by atoms with van der Waals surface area (Å²) < 4.78 is 16.6. The van der Waals surface area contributed by atoms with Crippen LogP contribution in [0.15, 0.2) is 39.5 Å². The minimum Gasteiger partial charge on any atom is -0.867 e. The summed E-state index contributed by atoms with van der Waals surface area (Å²) in [6.45, 7) is -0.709. The van der Waals surface area contributed by atoms with E-state index in [2.05, 4.69) is 0 Å². The second-order valence-electron chi connectivity index (χ2n) is 7.45. The molecule has 1 fully saturated rings. The highest BCUT2D eigenvalue weighted by molar-refractivity contribution is 5.77. The van der Waals surface area contributed by atoms with Crippen molar-refractivity contribution in [1.82, 2.24) is 0 Å². The Morgan fingerprint density at radius 3 is 2.21 bits per heavy atom. The molecule has 1 aromatic rings. The molecule has 0 saturated carbocycles. The summed E-state index contributed by atoms with van der Waals surface area (Å²) >= 11 is 0. The SMILES string of the molecule is O=c1cc2oc(-c3cc(O)c([O-])c(O)c3)c(O[C@@H]3O[C@H](CO)[C@@H](O)[C@H](O)[C@H]3O)cc-2c(O)c1. The first kappa shape index (κ1) is 22.6. The second kappa shape index (κ2) is 8.42. The van der Waals surface area contributed by atoms with Gasteiger partial charge in [-0.1, -0.05) is 0 Å². The summed E-state index contributed by atoms with van der Waals surface area (Å²) in [7, 11) is 0.